The molecule has 0 bridgehead atoms. The molecular weight excluding hydrogens is 300 g/mol. The summed E-state index contributed by atoms with van der Waals surface area (Å²) < 4.78 is 6.60. The zero-order valence-electron chi connectivity index (χ0n) is 15.5. The fourth-order valence-corrected chi connectivity index (χ4v) is 13.9. The summed E-state index contributed by atoms with van der Waals surface area (Å²) in [6, 6.07) is 11.3. The number of rotatable bonds is 5. The number of benzene rings is 1. The zero-order valence-corrected chi connectivity index (χ0v) is 17.5. The van der Waals surface area contributed by atoms with Gasteiger partial charge in [0.15, 0.2) is 8.32 Å². The van der Waals surface area contributed by atoms with Crippen LogP contribution in [0.1, 0.15) is 33.6 Å². The molecule has 3 atom stereocenters. The standard InChI is InChI=1S/C19H34OSi2/c1-8-18(21(4,5)16-12-10-9-11-13-16)19-14-17(15(2)3)20-22(19,6)7/h9-13,15,17-19H,8,14H2,1-7H3/t17-,18-,19+/m1/s1. The molecule has 0 aliphatic carbocycles. The van der Waals surface area contributed by atoms with Crippen molar-refractivity contribution < 1.29 is 4.43 Å². The quantitative estimate of drug-likeness (QED) is 0.655. The molecule has 1 aromatic rings. The van der Waals surface area contributed by atoms with E-state index in [9.17, 15) is 0 Å². The molecule has 0 N–H and O–H groups in total. The van der Waals surface area contributed by atoms with E-state index in [1.54, 1.807) is 5.19 Å². The lowest BCUT2D eigenvalue weighted by Gasteiger charge is -2.40. The van der Waals surface area contributed by atoms with Gasteiger partial charge in [-0.3, -0.25) is 0 Å². The second-order valence-electron chi connectivity index (χ2n) is 8.45. The predicted molar refractivity (Wildman–Crippen MR) is 103 cm³/mol. The minimum atomic E-state index is -1.59. The molecule has 0 saturated carbocycles. The van der Waals surface area contributed by atoms with E-state index in [1.807, 2.05) is 0 Å². The molecule has 0 aromatic heterocycles. The van der Waals surface area contributed by atoms with E-state index in [-0.39, 0.29) is 0 Å². The Balaban J connectivity index is 2.31. The third-order valence-corrected chi connectivity index (χ3v) is 14.1. The van der Waals surface area contributed by atoms with Gasteiger partial charge in [-0.25, -0.2) is 0 Å². The van der Waals surface area contributed by atoms with Crippen molar-refractivity contribution in [3.8, 4) is 0 Å². The van der Waals surface area contributed by atoms with Gasteiger partial charge in [-0.15, -0.1) is 0 Å². The van der Waals surface area contributed by atoms with E-state index in [1.165, 1.54) is 12.8 Å². The molecule has 1 aliphatic heterocycles. The second kappa shape index (κ2) is 6.62. The molecule has 1 aliphatic rings. The van der Waals surface area contributed by atoms with E-state index < -0.39 is 16.4 Å². The van der Waals surface area contributed by atoms with Gasteiger partial charge in [0.05, 0.1) is 8.07 Å². The highest BCUT2D eigenvalue weighted by atomic mass is 28.4. The van der Waals surface area contributed by atoms with Crippen molar-refractivity contribution in [2.45, 2.75) is 77.0 Å². The Morgan fingerprint density at radius 2 is 1.77 bits per heavy atom. The number of hydrogen-bond acceptors (Lipinski definition) is 1. The Kier molecular flexibility index (Phi) is 5.40. The lowest BCUT2D eigenvalue weighted by atomic mass is 10.0. The van der Waals surface area contributed by atoms with Crippen molar-refractivity contribution >= 4 is 21.6 Å². The Labute approximate surface area is 139 Å². The average Bonchev–Trinajstić information content (AvgIpc) is 2.77. The minimum absolute atomic E-state index is 0.487. The van der Waals surface area contributed by atoms with E-state index in [2.05, 4.69) is 77.3 Å². The van der Waals surface area contributed by atoms with Crippen molar-refractivity contribution in [1.29, 1.82) is 0 Å². The lowest BCUT2D eigenvalue weighted by Crippen LogP contribution is -2.50. The van der Waals surface area contributed by atoms with Crippen molar-refractivity contribution in [1.82, 2.24) is 0 Å². The van der Waals surface area contributed by atoms with Crippen LogP contribution in [0, 0.1) is 5.92 Å². The molecule has 1 heterocycles. The molecule has 1 aromatic carbocycles. The second-order valence-corrected chi connectivity index (χ2v) is 17.4. The van der Waals surface area contributed by atoms with Gasteiger partial charge in [-0.05, 0) is 36.5 Å². The maximum Gasteiger partial charge on any atom is 0.190 e. The van der Waals surface area contributed by atoms with Crippen LogP contribution in [-0.4, -0.2) is 22.5 Å². The smallest absolute Gasteiger partial charge is 0.190 e. The molecule has 22 heavy (non-hydrogen) atoms. The van der Waals surface area contributed by atoms with Crippen LogP contribution < -0.4 is 5.19 Å². The molecule has 0 unspecified atom stereocenters. The summed E-state index contributed by atoms with van der Waals surface area (Å²) in [6.45, 7) is 17.1. The van der Waals surface area contributed by atoms with E-state index in [4.69, 9.17) is 4.43 Å². The van der Waals surface area contributed by atoms with Crippen LogP contribution in [0.25, 0.3) is 0 Å². The monoisotopic (exact) mass is 334 g/mol. The van der Waals surface area contributed by atoms with Gasteiger partial charge < -0.3 is 4.43 Å². The third-order valence-electron chi connectivity index (χ3n) is 5.95. The lowest BCUT2D eigenvalue weighted by molar-refractivity contribution is 0.169. The van der Waals surface area contributed by atoms with Gasteiger partial charge in [-0.1, -0.05) is 75.8 Å². The summed E-state index contributed by atoms with van der Waals surface area (Å²) in [6.07, 6.45) is 3.07. The van der Waals surface area contributed by atoms with E-state index in [0.717, 1.165) is 11.1 Å². The van der Waals surface area contributed by atoms with Crippen LogP contribution in [0.15, 0.2) is 30.3 Å². The zero-order chi connectivity index (χ0) is 16.5. The summed E-state index contributed by atoms with van der Waals surface area (Å²) in [7, 11) is -3.06. The largest absolute Gasteiger partial charge is 0.414 e. The van der Waals surface area contributed by atoms with E-state index in [0.29, 0.717) is 12.0 Å². The molecular formula is C19H34OSi2. The third kappa shape index (κ3) is 3.41. The molecule has 124 valence electrons. The van der Waals surface area contributed by atoms with Crippen LogP contribution in [-0.2, 0) is 4.43 Å². The van der Waals surface area contributed by atoms with Crippen LogP contribution >= 0.6 is 0 Å². The highest BCUT2D eigenvalue weighted by molar-refractivity contribution is 6.92. The van der Waals surface area contributed by atoms with Crippen molar-refractivity contribution in [3.63, 3.8) is 0 Å². The molecule has 0 amide bonds. The van der Waals surface area contributed by atoms with Gasteiger partial charge in [0.2, 0.25) is 0 Å². The molecule has 0 spiro atoms. The molecule has 2 rings (SSSR count). The summed E-state index contributed by atoms with van der Waals surface area (Å²) in [5.41, 5.74) is 1.65. The Morgan fingerprint density at radius 3 is 2.23 bits per heavy atom. The van der Waals surface area contributed by atoms with Crippen LogP contribution in [0.4, 0.5) is 0 Å². The van der Waals surface area contributed by atoms with Crippen LogP contribution in [0.3, 0.4) is 0 Å². The van der Waals surface area contributed by atoms with Crippen molar-refractivity contribution in [2.75, 3.05) is 0 Å². The highest BCUT2D eigenvalue weighted by Gasteiger charge is 2.51. The fraction of sp³-hybridized carbons (Fsp3) is 0.684. The Morgan fingerprint density at radius 1 is 1.18 bits per heavy atom. The molecule has 1 saturated heterocycles. The maximum absolute atomic E-state index is 6.60. The minimum Gasteiger partial charge on any atom is -0.414 e. The van der Waals surface area contributed by atoms with E-state index >= 15 is 0 Å². The highest BCUT2D eigenvalue weighted by Crippen LogP contribution is 2.51. The normalized spacial score (nSPS) is 26.4. The van der Waals surface area contributed by atoms with Crippen LogP contribution in [0.5, 0.6) is 0 Å². The Bertz CT molecular complexity index is 481. The first-order valence-corrected chi connectivity index (χ1v) is 15.0. The molecule has 0 radical (unpaired) electrons. The summed E-state index contributed by atoms with van der Waals surface area (Å²) in [5.74, 6) is 0.649. The van der Waals surface area contributed by atoms with Gasteiger partial charge >= 0.3 is 0 Å². The first-order chi connectivity index (χ1) is 10.2. The first kappa shape index (κ1) is 18.0. The fourth-order valence-electron chi connectivity index (χ4n) is 4.50. The average molecular weight is 335 g/mol. The summed E-state index contributed by atoms with van der Waals surface area (Å²) >= 11 is 0. The maximum atomic E-state index is 6.60. The first-order valence-electron chi connectivity index (χ1n) is 8.93. The van der Waals surface area contributed by atoms with Gasteiger partial charge in [-0.2, -0.15) is 0 Å². The molecule has 1 fully saturated rings. The number of hydrogen-bond donors (Lipinski definition) is 0. The SMILES string of the molecule is CC[C@H]([C@@H]1C[C@H](C(C)C)O[Si]1(C)C)[Si](C)(C)c1ccccc1. The Hall–Kier alpha value is -0.386. The van der Waals surface area contributed by atoms with Gasteiger partial charge in [0.25, 0.3) is 0 Å². The van der Waals surface area contributed by atoms with Gasteiger partial charge in [0.1, 0.15) is 0 Å². The predicted octanol–water partition coefficient (Wildman–Crippen LogP) is 5.40. The van der Waals surface area contributed by atoms with Crippen molar-refractivity contribution in [2.24, 2.45) is 5.92 Å². The molecule has 3 heteroatoms. The summed E-state index contributed by atoms with van der Waals surface area (Å²) in [5, 5.41) is 1.61. The van der Waals surface area contributed by atoms with Crippen molar-refractivity contribution in [3.05, 3.63) is 30.3 Å². The summed E-state index contributed by atoms with van der Waals surface area (Å²) in [4.78, 5) is 0. The molecule has 1 nitrogen and oxygen atoms in total. The van der Waals surface area contributed by atoms with Crippen LogP contribution in [0.2, 0.25) is 37.3 Å². The van der Waals surface area contributed by atoms with Gasteiger partial charge in [0, 0.05) is 6.10 Å². The topological polar surface area (TPSA) is 9.23 Å².